The minimum Gasteiger partial charge on any atom is -0.340 e. The van der Waals surface area contributed by atoms with E-state index in [1.54, 1.807) is 48.7 Å². The van der Waals surface area contributed by atoms with Crippen molar-refractivity contribution in [1.29, 1.82) is 0 Å². The number of anilines is 4. The highest BCUT2D eigenvalue weighted by Crippen LogP contribution is 2.23. The second-order valence-electron chi connectivity index (χ2n) is 6.23. The van der Waals surface area contributed by atoms with E-state index in [0.29, 0.717) is 27.8 Å². The van der Waals surface area contributed by atoms with Crippen molar-refractivity contribution in [3.8, 4) is 0 Å². The van der Waals surface area contributed by atoms with E-state index in [4.69, 9.17) is 11.6 Å². The van der Waals surface area contributed by atoms with Crippen molar-refractivity contribution < 1.29 is 9.59 Å². The third-order valence-electron chi connectivity index (χ3n) is 3.94. The lowest BCUT2D eigenvalue weighted by molar-refractivity contribution is -0.114. The Kier molecular flexibility index (Phi) is 5.91. The van der Waals surface area contributed by atoms with Crippen LogP contribution in [0.4, 0.5) is 22.9 Å². The van der Waals surface area contributed by atoms with Gasteiger partial charge in [-0.05, 0) is 67.1 Å². The first kappa shape index (κ1) is 19.4. The van der Waals surface area contributed by atoms with Gasteiger partial charge in [0.1, 0.15) is 5.82 Å². The van der Waals surface area contributed by atoms with Gasteiger partial charge in [-0.2, -0.15) is 0 Å². The molecule has 0 unspecified atom stereocenters. The fourth-order valence-electron chi connectivity index (χ4n) is 2.59. The lowest BCUT2D eigenvalue weighted by Gasteiger charge is -2.11. The number of aromatic nitrogens is 1. The number of aryl methyl sites for hydroxylation is 1. The first-order chi connectivity index (χ1) is 13.4. The van der Waals surface area contributed by atoms with Gasteiger partial charge in [-0.3, -0.25) is 9.59 Å². The molecule has 1 heterocycles. The molecule has 2 aromatic carbocycles. The Hall–Kier alpha value is -3.38. The smallest absolute Gasteiger partial charge is 0.255 e. The maximum Gasteiger partial charge on any atom is 0.255 e. The second-order valence-corrected chi connectivity index (χ2v) is 6.66. The highest BCUT2D eigenvalue weighted by Gasteiger charge is 2.09. The van der Waals surface area contributed by atoms with Crippen LogP contribution in [0.1, 0.15) is 22.8 Å². The van der Waals surface area contributed by atoms with Crippen LogP contribution in [-0.4, -0.2) is 16.8 Å². The highest BCUT2D eigenvalue weighted by atomic mass is 35.5. The average molecular weight is 395 g/mol. The van der Waals surface area contributed by atoms with Crippen molar-refractivity contribution in [2.45, 2.75) is 13.8 Å². The summed E-state index contributed by atoms with van der Waals surface area (Å²) in [6.45, 7) is 3.38. The largest absolute Gasteiger partial charge is 0.340 e. The molecule has 1 aromatic heterocycles. The number of pyridine rings is 1. The number of nitrogens with zero attached hydrogens (tertiary/aromatic N) is 1. The predicted octanol–water partition coefficient (Wildman–Crippen LogP) is 5.00. The summed E-state index contributed by atoms with van der Waals surface area (Å²) < 4.78 is 0. The summed E-state index contributed by atoms with van der Waals surface area (Å²) in [5, 5.41) is 9.36. The Labute approximate surface area is 168 Å². The molecule has 0 saturated carbocycles. The minimum atomic E-state index is -0.259. The summed E-state index contributed by atoms with van der Waals surface area (Å²) in [7, 11) is 0. The molecule has 0 spiro atoms. The molecule has 0 bridgehead atoms. The Morgan fingerprint density at radius 3 is 2.25 bits per heavy atom. The number of carbonyl (C=O) groups excluding carboxylic acids is 2. The van der Waals surface area contributed by atoms with Crippen molar-refractivity contribution in [2.75, 3.05) is 16.0 Å². The van der Waals surface area contributed by atoms with E-state index in [1.165, 1.54) is 6.92 Å². The maximum atomic E-state index is 12.5. The second kappa shape index (κ2) is 8.54. The number of halogens is 1. The Morgan fingerprint density at radius 1 is 0.929 bits per heavy atom. The monoisotopic (exact) mass is 394 g/mol. The summed E-state index contributed by atoms with van der Waals surface area (Å²) in [6.07, 6.45) is 1.57. The number of rotatable bonds is 5. The minimum absolute atomic E-state index is 0.149. The molecule has 3 rings (SSSR count). The van der Waals surface area contributed by atoms with Crippen LogP contribution in [-0.2, 0) is 4.79 Å². The van der Waals surface area contributed by atoms with E-state index in [-0.39, 0.29) is 11.8 Å². The van der Waals surface area contributed by atoms with Crippen LogP contribution >= 0.6 is 11.6 Å². The fourth-order valence-corrected chi connectivity index (χ4v) is 2.82. The number of amides is 2. The number of hydrogen-bond donors (Lipinski definition) is 3. The molecule has 0 aliphatic heterocycles. The van der Waals surface area contributed by atoms with Gasteiger partial charge in [0.05, 0.1) is 0 Å². The Morgan fingerprint density at radius 2 is 1.61 bits per heavy atom. The van der Waals surface area contributed by atoms with Crippen molar-refractivity contribution >= 4 is 46.3 Å². The van der Waals surface area contributed by atoms with Crippen molar-refractivity contribution in [1.82, 2.24) is 4.98 Å². The van der Waals surface area contributed by atoms with E-state index < -0.39 is 0 Å². The summed E-state index contributed by atoms with van der Waals surface area (Å²) in [5.41, 5.74) is 3.60. The van der Waals surface area contributed by atoms with Gasteiger partial charge in [-0.1, -0.05) is 11.6 Å². The van der Waals surface area contributed by atoms with Crippen LogP contribution in [0.5, 0.6) is 0 Å². The van der Waals surface area contributed by atoms with Crippen LogP contribution in [0.15, 0.2) is 60.8 Å². The molecule has 0 saturated heterocycles. The zero-order chi connectivity index (χ0) is 20.1. The molecule has 0 fully saturated rings. The third-order valence-corrected chi connectivity index (χ3v) is 4.17. The normalized spacial score (nSPS) is 10.2. The summed E-state index contributed by atoms with van der Waals surface area (Å²) in [4.78, 5) is 27.9. The van der Waals surface area contributed by atoms with Crippen LogP contribution in [0.3, 0.4) is 0 Å². The molecule has 3 aromatic rings. The molecule has 7 heteroatoms. The van der Waals surface area contributed by atoms with Gasteiger partial charge < -0.3 is 16.0 Å². The van der Waals surface area contributed by atoms with Gasteiger partial charge >= 0.3 is 0 Å². The van der Waals surface area contributed by atoms with Crippen LogP contribution < -0.4 is 16.0 Å². The maximum absolute atomic E-state index is 12.5. The number of benzene rings is 2. The van der Waals surface area contributed by atoms with Crippen molar-refractivity contribution in [3.05, 3.63) is 76.9 Å². The van der Waals surface area contributed by atoms with E-state index in [0.717, 1.165) is 11.3 Å². The Balaban J connectivity index is 1.70. The van der Waals surface area contributed by atoms with E-state index in [1.807, 2.05) is 19.1 Å². The number of carbonyl (C=O) groups is 2. The van der Waals surface area contributed by atoms with Crippen molar-refractivity contribution in [3.63, 3.8) is 0 Å². The molecule has 0 aliphatic rings. The third kappa shape index (κ3) is 5.08. The molecule has 28 heavy (non-hydrogen) atoms. The predicted molar refractivity (Wildman–Crippen MR) is 112 cm³/mol. The van der Waals surface area contributed by atoms with Gasteiger partial charge in [0.15, 0.2) is 0 Å². The SMILES string of the molecule is CC(=O)Nc1ccc(NC(=O)c2ccnc(Nc3ccc(Cl)cc3C)c2)cc1. The zero-order valence-corrected chi connectivity index (χ0v) is 16.2. The topological polar surface area (TPSA) is 83.1 Å². The van der Waals surface area contributed by atoms with Crippen LogP contribution in [0.25, 0.3) is 0 Å². The summed E-state index contributed by atoms with van der Waals surface area (Å²) >= 11 is 5.98. The van der Waals surface area contributed by atoms with Gasteiger partial charge in [0.25, 0.3) is 5.91 Å². The summed E-state index contributed by atoms with van der Waals surface area (Å²) in [5.74, 6) is 0.147. The van der Waals surface area contributed by atoms with Crippen LogP contribution in [0, 0.1) is 6.92 Å². The lowest BCUT2D eigenvalue weighted by Crippen LogP contribution is -2.12. The standard InChI is InChI=1S/C21H19ClN4O2/c1-13-11-16(22)3-8-19(13)26-20-12-15(9-10-23-20)21(28)25-18-6-4-17(5-7-18)24-14(2)27/h3-12H,1-2H3,(H,23,26)(H,24,27)(H,25,28). The highest BCUT2D eigenvalue weighted by molar-refractivity contribution is 6.30. The fraction of sp³-hybridized carbons (Fsp3) is 0.0952. The molecule has 0 radical (unpaired) electrons. The van der Waals surface area contributed by atoms with E-state index >= 15 is 0 Å². The van der Waals surface area contributed by atoms with E-state index in [2.05, 4.69) is 20.9 Å². The number of nitrogens with one attached hydrogen (secondary N) is 3. The molecule has 142 valence electrons. The Bertz CT molecular complexity index is 1020. The number of hydrogen-bond acceptors (Lipinski definition) is 4. The van der Waals surface area contributed by atoms with Gasteiger partial charge in [-0.15, -0.1) is 0 Å². The summed E-state index contributed by atoms with van der Waals surface area (Å²) in [6, 6.07) is 15.7. The van der Waals surface area contributed by atoms with Gasteiger partial charge in [-0.25, -0.2) is 4.98 Å². The molecule has 2 amide bonds. The first-order valence-corrected chi connectivity index (χ1v) is 8.97. The molecule has 6 nitrogen and oxygen atoms in total. The zero-order valence-electron chi connectivity index (χ0n) is 15.4. The molecule has 3 N–H and O–H groups in total. The molecular weight excluding hydrogens is 376 g/mol. The lowest BCUT2D eigenvalue weighted by atomic mass is 10.2. The van der Waals surface area contributed by atoms with Gasteiger partial charge in [0.2, 0.25) is 5.91 Å². The van der Waals surface area contributed by atoms with E-state index in [9.17, 15) is 9.59 Å². The molecule has 0 aliphatic carbocycles. The van der Waals surface area contributed by atoms with Gasteiger partial charge in [0, 0.05) is 40.8 Å². The van der Waals surface area contributed by atoms with Crippen LogP contribution in [0.2, 0.25) is 5.02 Å². The average Bonchev–Trinajstić information content (AvgIpc) is 2.65. The molecule has 0 atom stereocenters. The molecular formula is C21H19ClN4O2. The first-order valence-electron chi connectivity index (χ1n) is 8.59. The quantitative estimate of drug-likeness (QED) is 0.568. The van der Waals surface area contributed by atoms with Crippen molar-refractivity contribution in [2.24, 2.45) is 0 Å².